The third-order valence-electron chi connectivity index (χ3n) is 6.73. The van der Waals surface area contributed by atoms with Crippen molar-refractivity contribution in [1.82, 2.24) is 9.97 Å². The Balaban J connectivity index is 1.45. The fourth-order valence-electron chi connectivity index (χ4n) is 4.94. The van der Waals surface area contributed by atoms with E-state index in [0.29, 0.717) is 24.5 Å². The number of halogens is 3. The van der Waals surface area contributed by atoms with E-state index >= 15 is 0 Å². The number of hydrogen-bond acceptors (Lipinski definition) is 5. The van der Waals surface area contributed by atoms with Gasteiger partial charge in [-0.15, -0.1) is 0 Å². The molecule has 6 nitrogen and oxygen atoms in total. The molecule has 0 spiro atoms. The number of aromatic nitrogens is 2. The normalized spacial score (nSPS) is 35.6. The van der Waals surface area contributed by atoms with E-state index in [-0.39, 0.29) is 55.2 Å². The molecule has 3 heterocycles. The van der Waals surface area contributed by atoms with E-state index < -0.39 is 24.1 Å². The van der Waals surface area contributed by atoms with Crippen LogP contribution in [-0.2, 0) is 17.1 Å². The first-order valence-corrected chi connectivity index (χ1v) is 9.43. The average molecular weight is 382 g/mol. The lowest BCUT2D eigenvalue weighted by Crippen LogP contribution is -2.57. The highest BCUT2D eigenvalue weighted by atomic mass is 19.3. The highest BCUT2D eigenvalue weighted by Crippen LogP contribution is 2.55. The average Bonchev–Trinajstić information content (AvgIpc) is 2.96. The molecule has 2 unspecified atom stereocenters. The minimum atomic E-state index is -2.99. The number of rotatable bonds is 4. The van der Waals surface area contributed by atoms with Crippen LogP contribution in [0, 0.1) is 17.8 Å². The van der Waals surface area contributed by atoms with Crippen LogP contribution in [0.5, 0.6) is 0 Å². The monoisotopic (exact) mass is 382 g/mol. The third-order valence-corrected chi connectivity index (χ3v) is 6.73. The molecule has 5 rings (SSSR count). The molecule has 9 heteroatoms. The molecule has 3 fully saturated rings. The Labute approximate surface area is 154 Å². The molecular weight excluding hydrogens is 361 g/mol. The number of anilines is 2. The molecule has 1 N–H and O–H groups in total. The lowest BCUT2D eigenvalue weighted by Gasteiger charge is -2.42. The smallest absolute Gasteiger partial charge is 0.303 e. The van der Waals surface area contributed by atoms with Crippen LogP contribution in [0.15, 0.2) is 0 Å². The highest BCUT2D eigenvalue weighted by Gasteiger charge is 2.57. The van der Waals surface area contributed by atoms with Gasteiger partial charge in [0.1, 0.15) is 17.7 Å². The van der Waals surface area contributed by atoms with Crippen LogP contribution in [0.25, 0.3) is 0 Å². The summed E-state index contributed by atoms with van der Waals surface area (Å²) in [5, 5.41) is 8.97. The molecular formula is C18H21F3N4O2. The molecule has 1 saturated carbocycles. The number of aliphatic carboxylic acids is 1. The van der Waals surface area contributed by atoms with Gasteiger partial charge in [0.25, 0.3) is 5.92 Å². The molecule has 27 heavy (non-hydrogen) atoms. The molecule has 1 aromatic rings. The lowest BCUT2D eigenvalue weighted by molar-refractivity contribution is -0.137. The first-order valence-electron chi connectivity index (χ1n) is 9.43. The summed E-state index contributed by atoms with van der Waals surface area (Å²) >= 11 is 0. The standard InChI is InChI=1S/C18H21F3N4O2/c1-8-13(19)7-25(8)17-22-15-9(2-3-18(15,20)21)16(23-17)24-5-11-10(4-14(26)27)12(11)6-24/h8,10-13H,2-7H2,1H3,(H,26,27)/t8-,10?,11-,12+,13?/m1/s1. The van der Waals surface area contributed by atoms with E-state index in [0.717, 1.165) is 0 Å². The van der Waals surface area contributed by atoms with Gasteiger partial charge >= 0.3 is 5.97 Å². The molecule has 0 radical (unpaired) electrons. The molecule has 2 aliphatic heterocycles. The number of alkyl halides is 3. The highest BCUT2D eigenvalue weighted by molar-refractivity contribution is 5.68. The maximum absolute atomic E-state index is 14.4. The van der Waals surface area contributed by atoms with Crippen LogP contribution in [0.2, 0.25) is 0 Å². The minimum Gasteiger partial charge on any atom is -0.481 e. The first kappa shape index (κ1) is 17.1. The van der Waals surface area contributed by atoms with Gasteiger partial charge in [-0.2, -0.15) is 13.8 Å². The molecule has 2 aliphatic carbocycles. The van der Waals surface area contributed by atoms with Gasteiger partial charge in [0, 0.05) is 31.5 Å². The summed E-state index contributed by atoms with van der Waals surface area (Å²) in [7, 11) is 0. The van der Waals surface area contributed by atoms with E-state index in [1.165, 1.54) is 0 Å². The molecule has 0 aromatic carbocycles. The molecule has 146 valence electrons. The van der Waals surface area contributed by atoms with Crippen molar-refractivity contribution in [2.45, 2.75) is 44.3 Å². The quantitative estimate of drug-likeness (QED) is 0.861. The Kier molecular flexibility index (Phi) is 3.46. The van der Waals surface area contributed by atoms with Gasteiger partial charge in [-0.05, 0) is 31.1 Å². The van der Waals surface area contributed by atoms with Crippen LogP contribution < -0.4 is 9.80 Å². The second-order valence-corrected chi connectivity index (χ2v) is 8.28. The maximum atomic E-state index is 14.4. The number of hydrogen-bond donors (Lipinski definition) is 1. The number of carbonyl (C=O) groups is 1. The van der Waals surface area contributed by atoms with Crippen molar-refractivity contribution >= 4 is 17.7 Å². The topological polar surface area (TPSA) is 69.6 Å². The summed E-state index contributed by atoms with van der Waals surface area (Å²) in [6.07, 6.45) is -0.889. The van der Waals surface area contributed by atoms with Crippen molar-refractivity contribution in [2.24, 2.45) is 17.8 Å². The molecule has 5 atom stereocenters. The number of piperidine rings is 1. The van der Waals surface area contributed by atoms with Crippen LogP contribution >= 0.6 is 0 Å². The molecule has 2 saturated heterocycles. The summed E-state index contributed by atoms with van der Waals surface area (Å²) in [6, 6.07) is -0.419. The van der Waals surface area contributed by atoms with Crippen molar-refractivity contribution in [3.63, 3.8) is 0 Å². The number of fused-ring (bicyclic) bond motifs is 2. The Morgan fingerprint density at radius 1 is 1.26 bits per heavy atom. The predicted octanol–water partition coefficient (Wildman–Crippen LogP) is 2.22. The van der Waals surface area contributed by atoms with Crippen LogP contribution in [-0.4, -0.2) is 52.9 Å². The molecule has 0 bridgehead atoms. The van der Waals surface area contributed by atoms with E-state index in [1.807, 2.05) is 4.90 Å². The number of carboxylic acid groups (broad SMARTS) is 1. The summed E-state index contributed by atoms with van der Waals surface area (Å²) in [4.78, 5) is 23.2. The Morgan fingerprint density at radius 3 is 2.56 bits per heavy atom. The van der Waals surface area contributed by atoms with Crippen molar-refractivity contribution in [3.05, 3.63) is 11.3 Å². The van der Waals surface area contributed by atoms with Gasteiger partial charge in [-0.25, -0.2) is 9.37 Å². The zero-order chi connectivity index (χ0) is 19.1. The fourth-order valence-corrected chi connectivity index (χ4v) is 4.94. The Morgan fingerprint density at radius 2 is 1.96 bits per heavy atom. The summed E-state index contributed by atoms with van der Waals surface area (Å²) in [5.74, 6) is -2.32. The fraction of sp³-hybridized carbons (Fsp3) is 0.722. The summed E-state index contributed by atoms with van der Waals surface area (Å²) in [5.41, 5.74) is 0.268. The Hall–Kier alpha value is -2.06. The van der Waals surface area contributed by atoms with Crippen LogP contribution in [0.4, 0.5) is 24.9 Å². The first-order chi connectivity index (χ1) is 12.8. The van der Waals surface area contributed by atoms with Crippen molar-refractivity contribution in [3.8, 4) is 0 Å². The van der Waals surface area contributed by atoms with Crippen LogP contribution in [0.3, 0.4) is 0 Å². The van der Waals surface area contributed by atoms with E-state index in [9.17, 15) is 18.0 Å². The lowest BCUT2D eigenvalue weighted by atomic mass is 10.0. The van der Waals surface area contributed by atoms with Crippen LogP contribution in [0.1, 0.15) is 31.0 Å². The second kappa shape index (κ2) is 5.48. The Bertz CT molecular complexity index is 808. The van der Waals surface area contributed by atoms with Gasteiger partial charge < -0.3 is 14.9 Å². The summed E-state index contributed by atoms with van der Waals surface area (Å²) in [6.45, 7) is 3.09. The molecule has 0 amide bonds. The predicted molar refractivity (Wildman–Crippen MR) is 90.9 cm³/mol. The molecule has 1 aromatic heterocycles. The zero-order valence-corrected chi connectivity index (χ0v) is 14.9. The number of carboxylic acids is 1. The van der Waals surface area contributed by atoms with Gasteiger partial charge in [-0.1, -0.05) is 0 Å². The second-order valence-electron chi connectivity index (χ2n) is 8.28. The number of nitrogens with zero attached hydrogens (tertiary/aromatic N) is 4. The van der Waals surface area contributed by atoms with Crippen molar-refractivity contribution in [1.29, 1.82) is 0 Å². The third kappa shape index (κ3) is 2.50. The van der Waals surface area contributed by atoms with Gasteiger partial charge in [0.2, 0.25) is 5.95 Å². The molecule has 4 aliphatic rings. The van der Waals surface area contributed by atoms with E-state index in [1.54, 1.807) is 11.8 Å². The van der Waals surface area contributed by atoms with Crippen molar-refractivity contribution < 1.29 is 23.1 Å². The maximum Gasteiger partial charge on any atom is 0.303 e. The van der Waals surface area contributed by atoms with Gasteiger partial charge in [0.05, 0.1) is 12.6 Å². The largest absolute Gasteiger partial charge is 0.481 e. The minimum absolute atomic E-state index is 0.122. The summed E-state index contributed by atoms with van der Waals surface area (Å²) < 4.78 is 42.3. The SMILES string of the molecule is C[C@@H]1C(F)CN1c1nc(N2C[C@@H]3C(CC(=O)O)[C@@H]3C2)c2c(n1)C(F)(F)CC2. The van der Waals surface area contributed by atoms with Gasteiger partial charge in [0.15, 0.2) is 0 Å². The van der Waals surface area contributed by atoms with E-state index in [4.69, 9.17) is 5.11 Å². The van der Waals surface area contributed by atoms with E-state index in [2.05, 4.69) is 9.97 Å². The van der Waals surface area contributed by atoms with Gasteiger partial charge in [-0.3, -0.25) is 4.79 Å². The zero-order valence-electron chi connectivity index (χ0n) is 14.9. The van der Waals surface area contributed by atoms with Crippen molar-refractivity contribution in [2.75, 3.05) is 29.4 Å².